The van der Waals surface area contributed by atoms with Crippen molar-refractivity contribution in [1.82, 2.24) is 0 Å². The molecule has 2 atom stereocenters. The first-order chi connectivity index (χ1) is 14.0. The summed E-state index contributed by atoms with van der Waals surface area (Å²) in [5, 5.41) is 0.484. The summed E-state index contributed by atoms with van der Waals surface area (Å²) in [4.78, 5) is 38.7. The van der Waals surface area contributed by atoms with E-state index >= 15 is 0 Å². The molecule has 0 aromatic heterocycles. The van der Waals surface area contributed by atoms with E-state index in [-0.39, 0.29) is 19.0 Å². The molecule has 0 bridgehead atoms. The van der Waals surface area contributed by atoms with Crippen molar-refractivity contribution in [2.45, 2.75) is 31.5 Å². The highest BCUT2D eigenvalue weighted by atomic mass is 35.5. The van der Waals surface area contributed by atoms with Crippen LogP contribution >= 0.6 is 11.6 Å². The van der Waals surface area contributed by atoms with E-state index in [2.05, 4.69) is 0 Å². The molecule has 0 N–H and O–H groups in total. The van der Waals surface area contributed by atoms with Crippen LogP contribution in [0.4, 0.5) is 0 Å². The summed E-state index contributed by atoms with van der Waals surface area (Å²) in [5.41, 5.74) is -1.08. The van der Waals surface area contributed by atoms with Gasteiger partial charge in [-0.15, -0.1) is 0 Å². The molecule has 29 heavy (non-hydrogen) atoms. The van der Waals surface area contributed by atoms with Gasteiger partial charge in [-0.3, -0.25) is 4.79 Å². The number of Topliss-reactive ketones (excluding diaryl/α,β-unsaturated/α-hetero) is 1. The molecule has 1 fully saturated rings. The van der Waals surface area contributed by atoms with E-state index in [0.717, 1.165) is 0 Å². The fraction of sp³-hybridized carbons (Fsp3) is 0.318. The fourth-order valence-electron chi connectivity index (χ4n) is 3.44. The molecule has 6 nitrogen and oxygen atoms in total. The van der Waals surface area contributed by atoms with Crippen molar-refractivity contribution in [1.29, 1.82) is 0 Å². The first-order valence-electron chi connectivity index (χ1n) is 9.32. The van der Waals surface area contributed by atoms with Crippen LogP contribution in [-0.2, 0) is 23.8 Å². The molecular weight excluding hydrogens is 396 g/mol. The first-order valence-corrected chi connectivity index (χ1v) is 9.70. The molecule has 1 aliphatic heterocycles. The fourth-order valence-corrected chi connectivity index (χ4v) is 3.57. The predicted molar refractivity (Wildman–Crippen MR) is 106 cm³/mol. The van der Waals surface area contributed by atoms with Crippen LogP contribution in [0.1, 0.15) is 35.7 Å². The van der Waals surface area contributed by atoms with Crippen molar-refractivity contribution in [2.24, 2.45) is 0 Å². The number of esters is 2. The zero-order valence-corrected chi connectivity index (χ0v) is 16.8. The lowest BCUT2D eigenvalue weighted by atomic mass is 9.70. The molecule has 1 aliphatic rings. The molecule has 2 aromatic rings. The Morgan fingerprint density at radius 1 is 0.931 bits per heavy atom. The largest absolute Gasteiger partial charge is 0.463 e. The van der Waals surface area contributed by atoms with Crippen LogP contribution in [0.5, 0.6) is 0 Å². The van der Waals surface area contributed by atoms with Gasteiger partial charge in [0.1, 0.15) is 6.10 Å². The van der Waals surface area contributed by atoms with Gasteiger partial charge in [0.2, 0.25) is 0 Å². The van der Waals surface area contributed by atoms with Crippen molar-refractivity contribution < 1.29 is 28.6 Å². The van der Waals surface area contributed by atoms with Gasteiger partial charge in [-0.2, -0.15) is 0 Å². The highest BCUT2D eigenvalue weighted by Crippen LogP contribution is 2.49. The van der Waals surface area contributed by atoms with E-state index in [1.165, 1.54) is 0 Å². The summed E-state index contributed by atoms with van der Waals surface area (Å²) < 4.78 is 16.0. The second kappa shape index (κ2) is 8.76. The standard InChI is InChI=1S/C22H21ClO6/c1-3-27-20(25)22(21(26)28-4-2)17(14-10-12-16(23)13-11-14)19(29-22)18(24)15-8-6-5-7-9-15/h5-13,17,19H,3-4H2,1-2H3/t17-,19+/m1/s1. The lowest BCUT2D eigenvalue weighted by Crippen LogP contribution is -2.70. The van der Waals surface area contributed by atoms with Crippen LogP contribution < -0.4 is 0 Å². The van der Waals surface area contributed by atoms with E-state index < -0.39 is 29.6 Å². The summed E-state index contributed by atoms with van der Waals surface area (Å²) in [6.45, 7) is 3.35. The Bertz CT molecular complexity index is 875. The Labute approximate surface area is 173 Å². The second-order valence-corrected chi connectivity index (χ2v) is 6.91. The molecule has 0 aliphatic carbocycles. The van der Waals surface area contributed by atoms with Crippen LogP contribution in [-0.4, -0.2) is 42.6 Å². The molecule has 0 saturated carbocycles. The van der Waals surface area contributed by atoms with Crippen molar-refractivity contribution in [3.63, 3.8) is 0 Å². The zero-order chi connectivity index (χ0) is 21.0. The highest BCUT2D eigenvalue weighted by Gasteiger charge is 2.70. The summed E-state index contributed by atoms with van der Waals surface area (Å²) in [6, 6.07) is 15.1. The maximum absolute atomic E-state index is 13.1. The summed E-state index contributed by atoms with van der Waals surface area (Å²) in [5.74, 6) is -3.01. The first kappa shape index (κ1) is 21.0. The lowest BCUT2D eigenvalue weighted by Gasteiger charge is -2.49. The number of ether oxygens (including phenoxy) is 3. The number of ketones is 1. The Kier molecular flexibility index (Phi) is 6.35. The van der Waals surface area contributed by atoms with Gasteiger partial charge in [0.15, 0.2) is 5.78 Å². The SMILES string of the molecule is CCOC(=O)C1(C(=O)OCC)O[C@H](C(=O)c2ccccc2)[C@H]1c1ccc(Cl)cc1. The summed E-state index contributed by atoms with van der Waals surface area (Å²) >= 11 is 5.99. The topological polar surface area (TPSA) is 78.9 Å². The lowest BCUT2D eigenvalue weighted by molar-refractivity contribution is -0.236. The normalized spacial score (nSPS) is 19.7. The van der Waals surface area contributed by atoms with Crippen LogP contribution in [0.15, 0.2) is 54.6 Å². The van der Waals surface area contributed by atoms with Gasteiger partial charge < -0.3 is 14.2 Å². The number of carbonyl (C=O) groups is 3. The van der Waals surface area contributed by atoms with E-state index in [4.69, 9.17) is 25.8 Å². The third-order valence-corrected chi connectivity index (χ3v) is 5.01. The molecule has 0 unspecified atom stereocenters. The van der Waals surface area contributed by atoms with Gasteiger partial charge in [0, 0.05) is 10.6 Å². The van der Waals surface area contributed by atoms with Gasteiger partial charge in [0.25, 0.3) is 5.60 Å². The number of carbonyl (C=O) groups excluding carboxylic acids is 3. The van der Waals surface area contributed by atoms with Crippen molar-refractivity contribution in [3.8, 4) is 0 Å². The summed E-state index contributed by atoms with van der Waals surface area (Å²) in [6.07, 6.45) is -1.05. The van der Waals surface area contributed by atoms with Gasteiger partial charge in [-0.05, 0) is 31.5 Å². The number of rotatable bonds is 7. The van der Waals surface area contributed by atoms with Gasteiger partial charge >= 0.3 is 11.9 Å². The predicted octanol–water partition coefficient (Wildman–Crippen LogP) is 3.57. The maximum atomic E-state index is 13.1. The molecule has 7 heteroatoms. The molecule has 0 radical (unpaired) electrons. The number of halogens is 1. The van der Waals surface area contributed by atoms with E-state index in [1.54, 1.807) is 68.4 Å². The average molecular weight is 417 g/mol. The molecular formula is C22H21ClO6. The molecule has 1 saturated heterocycles. The van der Waals surface area contributed by atoms with Gasteiger partial charge in [-0.1, -0.05) is 54.1 Å². The van der Waals surface area contributed by atoms with Crippen molar-refractivity contribution >= 4 is 29.3 Å². The van der Waals surface area contributed by atoms with Crippen LogP contribution in [0.25, 0.3) is 0 Å². The van der Waals surface area contributed by atoms with Crippen LogP contribution in [0.3, 0.4) is 0 Å². The van der Waals surface area contributed by atoms with Crippen LogP contribution in [0.2, 0.25) is 5.02 Å². The maximum Gasteiger partial charge on any atom is 0.351 e. The minimum Gasteiger partial charge on any atom is -0.463 e. The Hall–Kier alpha value is -2.70. The Balaban J connectivity index is 2.07. The molecule has 3 rings (SSSR count). The molecule has 2 aromatic carbocycles. The number of hydrogen-bond acceptors (Lipinski definition) is 6. The van der Waals surface area contributed by atoms with Crippen molar-refractivity contribution in [3.05, 3.63) is 70.7 Å². The van der Waals surface area contributed by atoms with E-state index in [0.29, 0.717) is 16.1 Å². The minimum absolute atomic E-state index is 0.0496. The smallest absolute Gasteiger partial charge is 0.351 e. The molecule has 152 valence electrons. The van der Waals surface area contributed by atoms with Crippen LogP contribution in [0, 0.1) is 0 Å². The number of benzene rings is 2. The van der Waals surface area contributed by atoms with Gasteiger partial charge in [-0.25, -0.2) is 9.59 Å². The van der Waals surface area contributed by atoms with Crippen molar-refractivity contribution in [2.75, 3.05) is 13.2 Å². The third kappa shape index (κ3) is 3.78. The quantitative estimate of drug-likeness (QED) is 0.390. The monoisotopic (exact) mass is 416 g/mol. The molecule has 0 amide bonds. The third-order valence-electron chi connectivity index (χ3n) is 4.76. The number of hydrogen-bond donors (Lipinski definition) is 0. The highest BCUT2D eigenvalue weighted by molar-refractivity contribution is 6.30. The Morgan fingerprint density at radius 2 is 1.48 bits per heavy atom. The zero-order valence-electron chi connectivity index (χ0n) is 16.1. The van der Waals surface area contributed by atoms with E-state index in [1.807, 2.05) is 0 Å². The summed E-state index contributed by atoms with van der Waals surface area (Å²) in [7, 11) is 0. The average Bonchev–Trinajstić information content (AvgIpc) is 2.70. The van der Waals surface area contributed by atoms with Gasteiger partial charge in [0.05, 0.1) is 19.1 Å². The minimum atomic E-state index is -2.05. The second-order valence-electron chi connectivity index (χ2n) is 6.47. The molecule has 0 spiro atoms. The van der Waals surface area contributed by atoms with E-state index in [9.17, 15) is 14.4 Å². The molecule has 1 heterocycles. The Morgan fingerprint density at radius 3 is 2.00 bits per heavy atom.